The molecule has 5 heteroatoms. The van der Waals surface area contributed by atoms with Crippen molar-refractivity contribution in [2.75, 3.05) is 17.6 Å². The highest BCUT2D eigenvalue weighted by atomic mass is 16.1. The number of primary amides is 1. The Balaban J connectivity index is 2.66. The van der Waals surface area contributed by atoms with Crippen LogP contribution in [0.1, 0.15) is 23.7 Å². The smallest absolute Gasteiger partial charge is 0.219 e. The number of carbonyl (C=O) groups is 2. The number of ketones is 1. The van der Waals surface area contributed by atoms with Gasteiger partial charge in [-0.15, -0.1) is 0 Å². The molecule has 1 aromatic carbocycles. The zero-order valence-electron chi connectivity index (χ0n) is 9.12. The standard InChI is InChI=1S/C11H15N3O2/c1-7(15)9-3-2-8(6-10(9)12)14-5-4-11(13)16/h2-3,6,14H,4-5,12H2,1H3,(H2,13,16). The fourth-order valence-corrected chi connectivity index (χ4v) is 1.32. The van der Waals surface area contributed by atoms with Crippen molar-refractivity contribution >= 4 is 23.1 Å². The molecule has 1 rings (SSSR count). The lowest BCUT2D eigenvalue weighted by atomic mass is 10.1. The van der Waals surface area contributed by atoms with Crippen LogP contribution in [0, 0.1) is 0 Å². The van der Waals surface area contributed by atoms with E-state index in [-0.39, 0.29) is 18.1 Å². The van der Waals surface area contributed by atoms with E-state index in [1.165, 1.54) is 6.92 Å². The van der Waals surface area contributed by atoms with Crippen LogP contribution in [0.4, 0.5) is 11.4 Å². The number of anilines is 2. The van der Waals surface area contributed by atoms with Gasteiger partial charge in [0.25, 0.3) is 0 Å². The van der Waals surface area contributed by atoms with Crippen molar-refractivity contribution in [2.45, 2.75) is 13.3 Å². The highest BCUT2D eigenvalue weighted by Crippen LogP contribution is 2.18. The van der Waals surface area contributed by atoms with Crippen LogP contribution in [-0.2, 0) is 4.79 Å². The van der Waals surface area contributed by atoms with E-state index in [4.69, 9.17) is 11.5 Å². The summed E-state index contributed by atoms with van der Waals surface area (Å²) in [7, 11) is 0. The van der Waals surface area contributed by atoms with Crippen molar-refractivity contribution in [3.05, 3.63) is 23.8 Å². The Bertz CT molecular complexity index is 416. The Hall–Kier alpha value is -2.04. The van der Waals surface area contributed by atoms with Gasteiger partial charge in [-0.2, -0.15) is 0 Å². The van der Waals surface area contributed by atoms with Gasteiger partial charge in [-0.1, -0.05) is 0 Å². The van der Waals surface area contributed by atoms with E-state index in [9.17, 15) is 9.59 Å². The lowest BCUT2D eigenvalue weighted by molar-refractivity contribution is -0.117. The highest BCUT2D eigenvalue weighted by Gasteiger charge is 2.05. The van der Waals surface area contributed by atoms with Crippen molar-refractivity contribution in [3.63, 3.8) is 0 Å². The van der Waals surface area contributed by atoms with Gasteiger partial charge < -0.3 is 16.8 Å². The molecule has 1 aromatic rings. The maximum absolute atomic E-state index is 11.1. The van der Waals surface area contributed by atoms with Crippen LogP contribution in [-0.4, -0.2) is 18.2 Å². The number of hydrogen-bond acceptors (Lipinski definition) is 4. The number of amides is 1. The lowest BCUT2D eigenvalue weighted by Gasteiger charge is -2.08. The van der Waals surface area contributed by atoms with Crippen LogP contribution < -0.4 is 16.8 Å². The van der Waals surface area contributed by atoms with E-state index >= 15 is 0 Å². The predicted octanol–water partition coefficient (Wildman–Crippen LogP) is 0.759. The van der Waals surface area contributed by atoms with Crippen LogP contribution in [0.3, 0.4) is 0 Å². The number of carbonyl (C=O) groups excluding carboxylic acids is 2. The molecule has 0 aliphatic carbocycles. The lowest BCUT2D eigenvalue weighted by Crippen LogP contribution is -2.16. The molecule has 16 heavy (non-hydrogen) atoms. The normalized spacial score (nSPS) is 9.81. The minimum atomic E-state index is -0.360. The third-order valence-corrected chi connectivity index (χ3v) is 2.13. The van der Waals surface area contributed by atoms with Gasteiger partial charge in [-0.3, -0.25) is 9.59 Å². The second-order valence-corrected chi connectivity index (χ2v) is 3.50. The van der Waals surface area contributed by atoms with Gasteiger partial charge in [-0.05, 0) is 25.1 Å². The molecule has 5 N–H and O–H groups in total. The molecule has 0 radical (unpaired) electrons. The van der Waals surface area contributed by atoms with Gasteiger partial charge in [0.15, 0.2) is 5.78 Å². The Morgan fingerprint density at radius 1 is 1.38 bits per heavy atom. The van der Waals surface area contributed by atoms with Crippen LogP contribution in [0.25, 0.3) is 0 Å². The summed E-state index contributed by atoms with van der Waals surface area (Å²) in [5.74, 6) is -0.429. The minimum Gasteiger partial charge on any atom is -0.398 e. The average molecular weight is 221 g/mol. The molecule has 0 spiro atoms. The fourth-order valence-electron chi connectivity index (χ4n) is 1.32. The molecule has 0 fully saturated rings. The van der Waals surface area contributed by atoms with E-state index < -0.39 is 0 Å². The van der Waals surface area contributed by atoms with Gasteiger partial charge in [0, 0.05) is 29.9 Å². The summed E-state index contributed by atoms with van der Waals surface area (Å²) in [6, 6.07) is 5.07. The molecule has 0 atom stereocenters. The number of nitrogen functional groups attached to an aromatic ring is 1. The SMILES string of the molecule is CC(=O)c1ccc(NCCC(N)=O)cc1N. The minimum absolute atomic E-state index is 0.0683. The van der Waals surface area contributed by atoms with Crippen molar-refractivity contribution in [3.8, 4) is 0 Å². The zero-order valence-corrected chi connectivity index (χ0v) is 9.12. The third-order valence-electron chi connectivity index (χ3n) is 2.13. The molecular formula is C11H15N3O2. The number of rotatable bonds is 5. The molecule has 0 saturated heterocycles. The van der Waals surface area contributed by atoms with Gasteiger partial charge in [0.1, 0.15) is 0 Å². The Labute approximate surface area is 93.8 Å². The zero-order chi connectivity index (χ0) is 12.1. The maximum Gasteiger partial charge on any atom is 0.219 e. The molecular weight excluding hydrogens is 206 g/mol. The van der Waals surface area contributed by atoms with Gasteiger partial charge >= 0.3 is 0 Å². The molecule has 86 valence electrons. The average Bonchev–Trinajstić information content (AvgIpc) is 2.16. The van der Waals surface area contributed by atoms with Gasteiger partial charge in [0.2, 0.25) is 5.91 Å². The number of hydrogen-bond donors (Lipinski definition) is 3. The van der Waals surface area contributed by atoms with Gasteiger partial charge in [-0.25, -0.2) is 0 Å². The summed E-state index contributed by atoms with van der Waals surface area (Å²) < 4.78 is 0. The molecule has 0 aliphatic rings. The first kappa shape index (κ1) is 12.0. The maximum atomic E-state index is 11.1. The second kappa shape index (κ2) is 5.16. The van der Waals surface area contributed by atoms with E-state index in [2.05, 4.69) is 5.32 Å². The topological polar surface area (TPSA) is 98.2 Å². The molecule has 0 aromatic heterocycles. The summed E-state index contributed by atoms with van der Waals surface area (Å²) in [6.07, 6.45) is 0.258. The van der Waals surface area contributed by atoms with Crippen molar-refractivity contribution < 1.29 is 9.59 Å². The molecule has 0 aliphatic heterocycles. The second-order valence-electron chi connectivity index (χ2n) is 3.50. The summed E-state index contributed by atoms with van der Waals surface area (Å²) in [4.78, 5) is 21.6. The molecule has 0 bridgehead atoms. The number of nitrogens with two attached hydrogens (primary N) is 2. The van der Waals surface area contributed by atoms with Crippen molar-refractivity contribution in [1.82, 2.24) is 0 Å². The summed E-state index contributed by atoms with van der Waals surface area (Å²) in [6.45, 7) is 1.92. The molecule has 0 saturated carbocycles. The Morgan fingerprint density at radius 3 is 2.56 bits per heavy atom. The number of Topliss-reactive ketones (excluding diaryl/α,β-unsaturated/α-hetero) is 1. The van der Waals surface area contributed by atoms with Crippen LogP contribution in [0.5, 0.6) is 0 Å². The largest absolute Gasteiger partial charge is 0.398 e. The molecule has 0 unspecified atom stereocenters. The van der Waals surface area contributed by atoms with E-state index in [1.54, 1.807) is 18.2 Å². The van der Waals surface area contributed by atoms with Crippen LogP contribution in [0.2, 0.25) is 0 Å². The summed E-state index contributed by atoms with van der Waals surface area (Å²) in [5, 5.41) is 2.99. The van der Waals surface area contributed by atoms with E-state index in [1.807, 2.05) is 0 Å². The quantitative estimate of drug-likeness (QED) is 0.505. The predicted molar refractivity (Wildman–Crippen MR) is 63.2 cm³/mol. The first-order valence-corrected chi connectivity index (χ1v) is 4.93. The first-order chi connectivity index (χ1) is 7.50. The molecule has 5 nitrogen and oxygen atoms in total. The van der Waals surface area contributed by atoms with Crippen molar-refractivity contribution in [2.24, 2.45) is 5.73 Å². The Kier molecular flexibility index (Phi) is 3.88. The third kappa shape index (κ3) is 3.27. The number of nitrogens with one attached hydrogen (secondary N) is 1. The monoisotopic (exact) mass is 221 g/mol. The molecule has 0 heterocycles. The first-order valence-electron chi connectivity index (χ1n) is 4.93. The number of benzene rings is 1. The summed E-state index contributed by atoms with van der Waals surface area (Å²) in [5.41, 5.74) is 12.4. The molecule has 1 amide bonds. The van der Waals surface area contributed by atoms with E-state index in [0.717, 1.165) is 5.69 Å². The van der Waals surface area contributed by atoms with Crippen LogP contribution in [0.15, 0.2) is 18.2 Å². The van der Waals surface area contributed by atoms with Gasteiger partial charge in [0.05, 0.1) is 0 Å². The summed E-state index contributed by atoms with van der Waals surface area (Å²) >= 11 is 0. The highest BCUT2D eigenvalue weighted by molar-refractivity contribution is 5.99. The van der Waals surface area contributed by atoms with Crippen molar-refractivity contribution in [1.29, 1.82) is 0 Å². The van der Waals surface area contributed by atoms with E-state index in [0.29, 0.717) is 17.8 Å². The fraction of sp³-hybridized carbons (Fsp3) is 0.273. The van der Waals surface area contributed by atoms with Crippen LogP contribution >= 0.6 is 0 Å². The Morgan fingerprint density at radius 2 is 2.06 bits per heavy atom.